The number of benzene rings is 1. The highest BCUT2D eigenvalue weighted by molar-refractivity contribution is 9.10. The summed E-state index contributed by atoms with van der Waals surface area (Å²) in [7, 11) is -4.48. The van der Waals surface area contributed by atoms with E-state index in [4.69, 9.17) is 4.55 Å². The molecule has 2 N–H and O–H groups in total. The fourth-order valence-electron chi connectivity index (χ4n) is 1.50. The molecule has 0 bridgehead atoms. The average Bonchev–Trinajstić information content (AvgIpc) is 2.21. The van der Waals surface area contributed by atoms with Crippen molar-refractivity contribution < 1.29 is 18.1 Å². The Morgan fingerprint density at radius 1 is 1.35 bits per heavy atom. The maximum Gasteiger partial charge on any atom is 0.298 e. The second-order valence-corrected chi connectivity index (χ2v) is 5.77. The normalized spacial score (nSPS) is 11.9. The molecule has 0 atom stereocenters. The van der Waals surface area contributed by atoms with Gasteiger partial charge in [-0.2, -0.15) is 8.42 Å². The summed E-state index contributed by atoms with van der Waals surface area (Å²) < 4.78 is 31.6. The van der Waals surface area contributed by atoms with E-state index in [-0.39, 0.29) is 5.52 Å². The third-order valence-electron chi connectivity index (χ3n) is 2.29. The van der Waals surface area contributed by atoms with Crippen LogP contribution in [0, 0.1) is 6.92 Å². The van der Waals surface area contributed by atoms with Gasteiger partial charge in [0.25, 0.3) is 10.1 Å². The van der Waals surface area contributed by atoms with Crippen molar-refractivity contribution in [3.05, 3.63) is 28.4 Å². The van der Waals surface area contributed by atoms with E-state index in [1.165, 1.54) is 0 Å². The molecule has 0 amide bonds. The molecule has 2 aromatic rings. The van der Waals surface area contributed by atoms with Crippen molar-refractivity contribution in [2.45, 2.75) is 11.8 Å². The highest BCUT2D eigenvalue weighted by atomic mass is 79.9. The molecule has 2 rings (SSSR count). The number of halogens is 1. The van der Waals surface area contributed by atoms with Gasteiger partial charge < -0.3 is 5.11 Å². The first-order valence-corrected chi connectivity index (χ1v) is 6.80. The number of nitrogens with zero attached hydrogens (tertiary/aromatic N) is 1. The topological polar surface area (TPSA) is 87.5 Å². The second-order valence-electron chi connectivity index (χ2n) is 3.53. The zero-order valence-electron chi connectivity index (χ0n) is 8.68. The van der Waals surface area contributed by atoms with E-state index in [1.807, 2.05) is 0 Å². The molecule has 1 heterocycles. The van der Waals surface area contributed by atoms with Gasteiger partial charge in [-0.15, -0.1) is 0 Å². The lowest BCUT2D eigenvalue weighted by molar-refractivity contribution is 0.447. The molecule has 0 aliphatic heterocycles. The van der Waals surface area contributed by atoms with Crippen LogP contribution in [0.1, 0.15) is 5.69 Å². The lowest BCUT2D eigenvalue weighted by Crippen LogP contribution is -2.00. The quantitative estimate of drug-likeness (QED) is 0.788. The van der Waals surface area contributed by atoms with Crippen molar-refractivity contribution in [2.75, 3.05) is 0 Å². The van der Waals surface area contributed by atoms with Crippen LogP contribution in [0.15, 0.2) is 27.6 Å². The summed E-state index contributed by atoms with van der Waals surface area (Å²) in [4.78, 5) is 3.49. The molecule has 1 aromatic carbocycles. The van der Waals surface area contributed by atoms with Crippen LogP contribution < -0.4 is 0 Å². The Labute approximate surface area is 106 Å². The molecule has 0 fully saturated rings. The van der Waals surface area contributed by atoms with Crippen LogP contribution in [-0.2, 0) is 10.1 Å². The van der Waals surface area contributed by atoms with E-state index >= 15 is 0 Å². The summed E-state index contributed by atoms with van der Waals surface area (Å²) in [6.07, 6.45) is 0. The minimum atomic E-state index is -4.48. The average molecular weight is 318 g/mol. The summed E-state index contributed by atoms with van der Waals surface area (Å²) in [5, 5.41) is 10.4. The molecule has 17 heavy (non-hydrogen) atoms. The Kier molecular flexibility index (Phi) is 2.84. The Morgan fingerprint density at radius 2 is 2.00 bits per heavy atom. The number of fused-ring (bicyclic) bond motifs is 1. The van der Waals surface area contributed by atoms with Gasteiger partial charge in [0.2, 0.25) is 0 Å². The summed E-state index contributed by atoms with van der Waals surface area (Å²) in [6, 6.07) is 4.58. The van der Waals surface area contributed by atoms with Gasteiger partial charge in [0.1, 0.15) is 10.4 Å². The monoisotopic (exact) mass is 317 g/mol. The van der Waals surface area contributed by atoms with Crippen molar-refractivity contribution in [1.29, 1.82) is 0 Å². The van der Waals surface area contributed by atoms with Gasteiger partial charge in [0, 0.05) is 15.6 Å². The minimum Gasteiger partial charge on any atom is -0.504 e. The summed E-state index contributed by atoms with van der Waals surface area (Å²) in [6.45, 7) is 1.72. The van der Waals surface area contributed by atoms with E-state index < -0.39 is 20.8 Å². The van der Waals surface area contributed by atoms with E-state index in [9.17, 15) is 13.5 Å². The minimum absolute atomic E-state index is 0.131. The number of hydrogen-bond donors (Lipinski definition) is 2. The molecule has 7 heteroatoms. The maximum absolute atomic E-state index is 11.1. The molecular formula is C10H8BrNO4S. The molecule has 0 radical (unpaired) electrons. The molecular weight excluding hydrogens is 310 g/mol. The fourth-order valence-corrected chi connectivity index (χ4v) is 2.81. The molecule has 5 nitrogen and oxygen atoms in total. The standard InChI is InChI=1S/C10H8BrNO4S/c1-5-2-3-6-7(11)4-8(17(14,15)16)10(13)9(6)12-5/h2-4,13H,1H3,(H,14,15,16). The van der Waals surface area contributed by atoms with Crippen LogP contribution in [0.25, 0.3) is 10.9 Å². The zero-order chi connectivity index (χ0) is 12.8. The van der Waals surface area contributed by atoms with Crippen molar-refractivity contribution in [3.63, 3.8) is 0 Å². The summed E-state index contributed by atoms with van der Waals surface area (Å²) in [5.41, 5.74) is 0.763. The molecule has 90 valence electrons. The number of rotatable bonds is 1. The smallest absolute Gasteiger partial charge is 0.298 e. The van der Waals surface area contributed by atoms with E-state index in [1.54, 1.807) is 19.1 Å². The van der Waals surface area contributed by atoms with Crippen molar-refractivity contribution >= 4 is 37.0 Å². The number of phenols is 1. The maximum atomic E-state index is 11.1. The number of aromatic hydroxyl groups is 1. The van der Waals surface area contributed by atoms with Crippen LogP contribution >= 0.6 is 15.9 Å². The SMILES string of the molecule is Cc1ccc2c(Br)cc(S(=O)(=O)O)c(O)c2n1. The van der Waals surface area contributed by atoms with Crippen LogP contribution in [0.3, 0.4) is 0 Å². The number of aromatic nitrogens is 1. The first-order valence-electron chi connectivity index (χ1n) is 4.57. The van der Waals surface area contributed by atoms with Crippen molar-refractivity contribution in [3.8, 4) is 5.75 Å². The lowest BCUT2D eigenvalue weighted by Gasteiger charge is -2.07. The predicted molar refractivity (Wildman–Crippen MR) is 65.7 cm³/mol. The van der Waals surface area contributed by atoms with Crippen LogP contribution in [-0.4, -0.2) is 23.1 Å². The number of aryl methyl sites for hydroxylation is 1. The zero-order valence-corrected chi connectivity index (χ0v) is 11.1. The third kappa shape index (κ3) is 2.13. The molecule has 0 aliphatic carbocycles. The van der Waals surface area contributed by atoms with Gasteiger partial charge >= 0.3 is 0 Å². The van der Waals surface area contributed by atoms with Gasteiger partial charge in [-0.25, -0.2) is 4.98 Å². The van der Waals surface area contributed by atoms with Crippen LogP contribution in [0.4, 0.5) is 0 Å². The van der Waals surface area contributed by atoms with Gasteiger partial charge in [-0.1, -0.05) is 15.9 Å². The largest absolute Gasteiger partial charge is 0.504 e. The lowest BCUT2D eigenvalue weighted by atomic mass is 10.2. The Morgan fingerprint density at radius 3 is 2.59 bits per heavy atom. The summed E-state index contributed by atoms with van der Waals surface area (Å²) >= 11 is 3.17. The first kappa shape index (κ1) is 12.3. The Balaban J connectivity index is 2.98. The number of pyridine rings is 1. The number of phenolic OH excluding ortho intramolecular Hbond substituents is 1. The highest BCUT2D eigenvalue weighted by Crippen LogP contribution is 2.35. The molecule has 0 aliphatic rings. The molecule has 0 saturated carbocycles. The van der Waals surface area contributed by atoms with E-state index in [2.05, 4.69) is 20.9 Å². The number of hydrogen-bond acceptors (Lipinski definition) is 4. The van der Waals surface area contributed by atoms with Gasteiger partial charge in [0.05, 0.1) is 0 Å². The molecule has 0 unspecified atom stereocenters. The van der Waals surface area contributed by atoms with Crippen LogP contribution in [0.5, 0.6) is 5.75 Å². The second kappa shape index (κ2) is 3.94. The molecule has 0 spiro atoms. The van der Waals surface area contributed by atoms with Crippen LogP contribution in [0.2, 0.25) is 0 Å². The molecule has 1 aromatic heterocycles. The summed E-state index contributed by atoms with van der Waals surface area (Å²) in [5.74, 6) is -0.547. The van der Waals surface area contributed by atoms with Gasteiger partial charge in [0.15, 0.2) is 5.75 Å². The first-order chi connectivity index (χ1) is 7.80. The van der Waals surface area contributed by atoms with E-state index in [0.717, 1.165) is 6.07 Å². The van der Waals surface area contributed by atoms with Gasteiger partial charge in [-0.05, 0) is 25.1 Å². The Bertz CT molecular complexity index is 712. The van der Waals surface area contributed by atoms with Crippen molar-refractivity contribution in [2.24, 2.45) is 0 Å². The highest BCUT2D eigenvalue weighted by Gasteiger charge is 2.20. The van der Waals surface area contributed by atoms with Crippen molar-refractivity contribution in [1.82, 2.24) is 4.98 Å². The van der Waals surface area contributed by atoms with E-state index in [0.29, 0.717) is 15.6 Å². The fraction of sp³-hybridized carbons (Fsp3) is 0.100. The molecule has 0 saturated heterocycles. The van der Waals surface area contributed by atoms with Gasteiger partial charge in [-0.3, -0.25) is 4.55 Å². The Hall–Kier alpha value is -1.18. The predicted octanol–water partition coefficient (Wildman–Crippen LogP) is 2.26. The third-order valence-corrected chi connectivity index (χ3v) is 3.81.